The van der Waals surface area contributed by atoms with E-state index in [1.165, 1.54) is 0 Å². The molecule has 0 aliphatic heterocycles. The third kappa shape index (κ3) is 2.74. The third-order valence-corrected chi connectivity index (χ3v) is 3.67. The number of Topliss-reactive ketones (excluding diaryl/α,β-unsaturated/α-hetero) is 1. The number of ether oxygens (including phenoxy) is 1. The number of aryl methyl sites for hydroxylation is 2. The Morgan fingerprint density at radius 3 is 2.60 bits per heavy atom. The Hall–Kier alpha value is -2.10. The third-order valence-electron chi connectivity index (χ3n) is 3.67. The zero-order valence-electron chi connectivity index (χ0n) is 12.4. The van der Waals surface area contributed by atoms with Crippen molar-refractivity contribution in [3.63, 3.8) is 0 Å². The lowest BCUT2D eigenvalue weighted by atomic mass is 10.0. The molecule has 0 atom stereocenters. The highest BCUT2D eigenvalue weighted by molar-refractivity contribution is 5.98. The summed E-state index contributed by atoms with van der Waals surface area (Å²) in [7, 11) is 3.51. The average molecular weight is 272 g/mol. The van der Waals surface area contributed by atoms with E-state index in [9.17, 15) is 4.79 Å². The van der Waals surface area contributed by atoms with E-state index in [0.717, 1.165) is 17.0 Å². The summed E-state index contributed by atoms with van der Waals surface area (Å²) in [4.78, 5) is 12.3. The minimum Gasteiger partial charge on any atom is -0.496 e. The number of hydrogen-bond acceptors (Lipinski definition) is 3. The largest absolute Gasteiger partial charge is 0.496 e. The zero-order chi connectivity index (χ0) is 14.7. The number of nitrogens with zero attached hydrogens (tertiary/aromatic N) is 2. The number of rotatable bonds is 5. The molecule has 0 aliphatic carbocycles. The van der Waals surface area contributed by atoms with Crippen LogP contribution in [0.4, 0.5) is 0 Å². The smallest absolute Gasteiger partial charge is 0.166 e. The van der Waals surface area contributed by atoms with Crippen LogP contribution in [0, 0.1) is 13.8 Å². The number of carbonyl (C=O) groups is 1. The van der Waals surface area contributed by atoms with E-state index in [1.807, 2.05) is 49.8 Å². The normalized spacial score (nSPS) is 10.6. The number of hydrogen-bond donors (Lipinski definition) is 0. The van der Waals surface area contributed by atoms with Crippen LogP contribution in [0.2, 0.25) is 0 Å². The SMILES string of the molecule is COc1ccccc1C(=O)CCc1c(C)nn(C)c1C. The van der Waals surface area contributed by atoms with Crippen molar-refractivity contribution < 1.29 is 9.53 Å². The summed E-state index contributed by atoms with van der Waals surface area (Å²) in [6.45, 7) is 4.01. The van der Waals surface area contributed by atoms with Crippen LogP contribution in [0.25, 0.3) is 0 Å². The van der Waals surface area contributed by atoms with E-state index in [-0.39, 0.29) is 5.78 Å². The molecule has 0 bridgehead atoms. The lowest BCUT2D eigenvalue weighted by molar-refractivity contribution is 0.0980. The van der Waals surface area contributed by atoms with Gasteiger partial charge in [0.25, 0.3) is 0 Å². The van der Waals surface area contributed by atoms with Gasteiger partial charge in [0, 0.05) is 19.2 Å². The molecule has 2 rings (SSSR count). The predicted octanol–water partition coefficient (Wildman–Crippen LogP) is 2.86. The van der Waals surface area contributed by atoms with Crippen LogP contribution < -0.4 is 4.74 Å². The lowest BCUT2D eigenvalue weighted by Gasteiger charge is -2.07. The van der Waals surface area contributed by atoms with E-state index in [4.69, 9.17) is 4.74 Å². The summed E-state index contributed by atoms with van der Waals surface area (Å²) in [6.07, 6.45) is 1.18. The van der Waals surface area contributed by atoms with Crippen molar-refractivity contribution in [3.8, 4) is 5.75 Å². The Kier molecular flexibility index (Phi) is 4.23. The molecule has 0 spiro atoms. The van der Waals surface area contributed by atoms with Gasteiger partial charge in [-0.2, -0.15) is 5.10 Å². The molecule has 0 N–H and O–H groups in total. The summed E-state index contributed by atoms with van der Waals surface area (Å²) in [5.74, 6) is 0.738. The zero-order valence-corrected chi connectivity index (χ0v) is 12.4. The molecule has 4 nitrogen and oxygen atoms in total. The van der Waals surface area contributed by atoms with Crippen molar-refractivity contribution in [2.24, 2.45) is 7.05 Å². The van der Waals surface area contributed by atoms with Crippen molar-refractivity contribution in [2.45, 2.75) is 26.7 Å². The van der Waals surface area contributed by atoms with Gasteiger partial charge in [0.15, 0.2) is 5.78 Å². The summed E-state index contributed by atoms with van der Waals surface area (Å²) in [5.41, 5.74) is 3.93. The van der Waals surface area contributed by atoms with Crippen LogP contribution in [0.5, 0.6) is 5.75 Å². The van der Waals surface area contributed by atoms with Crippen molar-refractivity contribution in [1.29, 1.82) is 0 Å². The molecular weight excluding hydrogens is 252 g/mol. The summed E-state index contributed by atoms with van der Waals surface area (Å²) < 4.78 is 7.09. The maximum Gasteiger partial charge on any atom is 0.166 e. The fraction of sp³-hybridized carbons (Fsp3) is 0.375. The fourth-order valence-corrected chi connectivity index (χ4v) is 2.43. The first kappa shape index (κ1) is 14.3. The molecule has 0 fully saturated rings. The van der Waals surface area contributed by atoms with Crippen molar-refractivity contribution in [2.75, 3.05) is 7.11 Å². The van der Waals surface area contributed by atoms with Crippen LogP contribution in [0.15, 0.2) is 24.3 Å². The maximum absolute atomic E-state index is 12.3. The topological polar surface area (TPSA) is 44.1 Å². The quantitative estimate of drug-likeness (QED) is 0.786. The maximum atomic E-state index is 12.3. The number of methoxy groups -OCH3 is 1. The highest BCUT2D eigenvalue weighted by atomic mass is 16.5. The van der Waals surface area contributed by atoms with E-state index in [0.29, 0.717) is 24.2 Å². The highest BCUT2D eigenvalue weighted by Gasteiger charge is 2.14. The van der Waals surface area contributed by atoms with Crippen LogP contribution in [0.3, 0.4) is 0 Å². The van der Waals surface area contributed by atoms with Gasteiger partial charge >= 0.3 is 0 Å². The summed E-state index contributed by atoms with van der Waals surface area (Å²) in [6, 6.07) is 7.35. The summed E-state index contributed by atoms with van der Waals surface area (Å²) >= 11 is 0. The van der Waals surface area contributed by atoms with Crippen LogP contribution >= 0.6 is 0 Å². The molecule has 1 aromatic carbocycles. The van der Waals surface area contributed by atoms with Gasteiger partial charge in [-0.25, -0.2) is 0 Å². The molecule has 20 heavy (non-hydrogen) atoms. The molecule has 0 amide bonds. The first-order valence-electron chi connectivity index (χ1n) is 6.70. The number of carbonyl (C=O) groups excluding carboxylic acids is 1. The molecule has 0 saturated heterocycles. The van der Waals surface area contributed by atoms with Gasteiger partial charge in [0.1, 0.15) is 5.75 Å². The molecule has 1 heterocycles. The van der Waals surface area contributed by atoms with E-state index in [2.05, 4.69) is 5.10 Å². The minimum absolute atomic E-state index is 0.102. The van der Waals surface area contributed by atoms with Crippen molar-refractivity contribution in [3.05, 3.63) is 46.8 Å². The number of benzene rings is 1. The van der Waals surface area contributed by atoms with Crippen molar-refractivity contribution >= 4 is 5.78 Å². The summed E-state index contributed by atoms with van der Waals surface area (Å²) in [5, 5.41) is 4.38. The second-order valence-electron chi connectivity index (χ2n) is 4.90. The molecule has 2 aromatic rings. The van der Waals surface area contributed by atoms with Crippen LogP contribution in [-0.4, -0.2) is 22.7 Å². The van der Waals surface area contributed by atoms with Gasteiger partial charge in [-0.15, -0.1) is 0 Å². The highest BCUT2D eigenvalue weighted by Crippen LogP contribution is 2.21. The van der Waals surface area contributed by atoms with Gasteiger partial charge in [-0.3, -0.25) is 9.48 Å². The Bertz CT molecular complexity index is 629. The second kappa shape index (κ2) is 5.90. The van der Waals surface area contributed by atoms with E-state index >= 15 is 0 Å². The fourth-order valence-electron chi connectivity index (χ4n) is 2.43. The Labute approximate surface area is 119 Å². The molecule has 1 aromatic heterocycles. The Balaban J connectivity index is 2.13. The first-order chi connectivity index (χ1) is 9.54. The predicted molar refractivity (Wildman–Crippen MR) is 78.3 cm³/mol. The number of para-hydroxylation sites is 1. The molecule has 106 valence electrons. The first-order valence-corrected chi connectivity index (χ1v) is 6.70. The van der Waals surface area contributed by atoms with Gasteiger partial charge in [0.05, 0.1) is 18.4 Å². The second-order valence-corrected chi connectivity index (χ2v) is 4.90. The van der Waals surface area contributed by atoms with Crippen molar-refractivity contribution in [1.82, 2.24) is 9.78 Å². The molecule has 4 heteroatoms. The molecule has 0 radical (unpaired) electrons. The van der Waals surface area contributed by atoms with Gasteiger partial charge < -0.3 is 4.74 Å². The molecule has 0 unspecified atom stereocenters. The van der Waals surface area contributed by atoms with Crippen LogP contribution in [-0.2, 0) is 13.5 Å². The van der Waals surface area contributed by atoms with Crippen LogP contribution in [0.1, 0.15) is 33.7 Å². The van der Waals surface area contributed by atoms with E-state index in [1.54, 1.807) is 7.11 Å². The Morgan fingerprint density at radius 2 is 2.00 bits per heavy atom. The minimum atomic E-state index is 0.102. The average Bonchev–Trinajstić information content (AvgIpc) is 2.70. The van der Waals surface area contributed by atoms with E-state index < -0.39 is 0 Å². The Morgan fingerprint density at radius 1 is 1.30 bits per heavy atom. The number of ketones is 1. The standard InChI is InChI=1S/C16H20N2O2/c1-11-13(12(2)18(3)17-11)9-10-15(19)14-7-5-6-8-16(14)20-4/h5-8H,9-10H2,1-4H3. The molecular formula is C16H20N2O2. The van der Waals surface area contributed by atoms with Gasteiger partial charge in [-0.1, -0.05) is 12.1 Å². The monoisotopic (exact) mass is 272 g/mol. The lowest BCUT2D eigenvalue weighted by Crippen LogP contribution is -2.04. The number of aromatic nitrogens is 2. The van der Waals surface area contributed by atoms with Gasteiger partial charge in [0.2, 0.25) is 0 Å². The van der Waals surface area contributed by atoms with Gasteiger partial charge in [-0.05, 0) is 38.0 Å². The molecule has 0 saturated carbocycles. The molecule has 0 aliphatic rings.